The van der Waals surface area contributed by atoms with Crippen LogP contribution in [0.3, 0.4) is 0 Å². The fraction of sp³-hybridized carbons (Fsp3) is 0.611. The summed E-state index contributed by atoms with van der Waals surface area (Å²) in [7, 11) is 0. The summed E-state index contributed by atoms with van der Waals surface area (Å²) in [4.78, 5) is 13.1. The number of ether oxygens (including phenoxy) is 2. The van der Waals surface area contributed by atoms with Crippen molar-refractivity contribution < 1.29 is 19.4 Å². The molecule has 136 valence electrons. The van der Waals surface area contributed by atoms with E-state index in [0.29, 0.717) is 26.3 Å². The summed E-state index contributed by atoms with van der Waals surface area (Å²) >= 11 is 0. The number of nitrogens with zero attached hydrogens (tertiary/aromatic N) is 1. The highest BCUT2D eigenvalue weighted by molar-refractivity contribution is 5.68. The highest BCUT2D eigenvalue weighted by Gasteiger charge is 2.23. The van der Waals surface area contributed by atoms with Gasteiger partial charge in [-0.2, -0.15) is 0 Å². The molecule has 1 amide bonds. The molecule has 6 heteroatoms. The predicted molar refractivity (Wildman–Crippen MR) is 93.8 cm³/mol. The van der Waals surface area contributed by atoms with Crippen LogP contribution in [0, 0.1) is 6.92 Å². The number of hydrogen-bond acceptors (Lipinski definition) is 5. The van der Waals surface area contributed by atoms with Crippen molar-refractivity contribution in [2.24, 2.45) is 5.73 Å². The lowest BCUT2D eigenvalue weighted by atomic mass is 10.1. The van der Waals surface area contributed by atoms with E-state index in [1.54, 1.807) is 4.90 Å². The number of hydrogen-bond donors (Lipinski definition) is 2. The third-order valence-corrected chi connectivity index (χ3v) is 3.31. The van der Waals surface area contributed by atoms with Crippen LogP contribution in [0.25, 0.3) is 0 Å². The third-order valence-electron chi connectivity index (χ3n) is 3.31. The SMILES string of the molecule is CC(C)(C)OC(=O)N1CCOCC1.Cc1cccc(C(O)CN)c1. The molecule has 0 bridgehead atoms. The predicted octanol–water partition coefficient (Wildman–Crippen LogP) is 2.24. The molecule has 2 rings (SSSR count). The van der Waals surface area contributed by atoms with E-state index in [2.05, 4.69) is 0 Å². The van der Waals surface area contributed by atoms with E-state index in [9.17, 15) is 9.90 Å². The molecule has 1 aliphatic heterocycles. The number of aliphatic hydroxyl groups excluding tert-OH is 1. The van der Waals surface area contributed by atoms with Crippen LogP contribution in [0.1, 0.15) is 38.0 Å². The normalized spacial score (nSPS) is 16.0. The Kier molecular flexibility index (Phi) is 8.18. The molecule has 0 aliphatic carbocycles. The first-order chi connectivity index (χ1) is 11.2. The molecule has 3 N–H and O–H groups in total. The lowest BCUT2D eigenvalue weighted by Gasteiger charge is -2.29. The van der Waals surface area contributed by atoms with Gasteiger partial charge in [0.2, 0.25) is 0 Å². The average molecular weight is 338 g/mol. The monoisotopic (exact) mass is 338 g/mol. The minimum atomic E-state index is -0.519. The quantitative estimate of drug-likeness (QED) is 0.864. The Balaban J connectivity index is 0.000000243. The zero-order valence-electron chi connectivity index (χ0n) is 15.1. The fourth-order valence-electron chi connectivity index (χ4n) is 2.09. The Hall–Kier alpha value is -1.63. The van der Waals surface area contributed by atoms with Crippen LogP contribution >= 0.6 is 0 Å². The molecule has 1 atom stereocenters. The van der Waals surface area contributed by atoms with E-state index in [0.717, 1.165) is 11.1 Å². The highest BCUT2D eigenvalue weighted by Crippen LogP contribution is 2.12. The zero-order chi connectivity index (χ0) is 18.2. The molecule has 0 aromatic heterocycles. The molecule has 1 aromatic rings. The number of benzene rings is 1. The number of aliphatic hydroxyl groups is 1. The number of morpholine rings is 1. The smallest absolute Gasteiger partial charge is 0.410 e. The number of aryl methyl sites for hydroxylation is 1. The van der Waals surface area contributed by atoms with E-state index in [1.165, 1.54) is 0 Å². The highest BCUT2D eigenvalue weighted by atomic mass is 16.6. The zero-order valence-corrected chi connectivity index (χ0v) is 15.1. The molecule has 1 unspecified atom stereocenters. The maximum Gasteiger partial charge on any atom is 0.410 e. The molecule has 1 fully saturated rings. The van der Waals surface area contributed by atoms with Crippen LogP contribution in [0.4, 0.5) is 4.79 Å². The van der Waals surface area contributed by atoms with Crippen molar-refractivity contribution in [3.05, 3.63) is 35.4 Å². The number of amides is 1. The third kappa shape index (κ3) is 7.77. The topological polar surface area (TPSA) is 85.0 Å². The number of nitrogens with two attached hydrogens (primary N) is 1. The van der Waals surface area contributed by atoms with Gasteiger partial charge in [0.1, 0.15) is 5.60 Å². The van der Waals surface area contributed by atoms with E-state index in [4.69, 9.17) is 15.2 Å². The minimum Gasteiger partial charge on any atom is -0.444 e. The second-order valence-corrected chi connectivity index (χ2v) is 6.75. The molecule has 0 spiro atoms. The molecule has 0 saturated carbocycles. The van der Waals surface area contributed by atoms with Crippen molar-refractivity contribution in [3.8, 4) is 0 Å². The second-order valence-electron chi connectivity index (χ2n) is 6.75. The first kappa shape index (κ1) is 20.4. The average Bonchev–Trinajstić information content (AvgIpc) is 2.54. The molecule has 1 aliphatic rings. The van der Waals surface area contributed by atoms with Gasteiger partial charge in [0, 0.05) is 19.6 Å². The Labute approximate surface area is 144 Å². The summed E-state index contributed by atoms with van der Waals surface area (Å²) in [5, 5.41) is 9.33. The van der Waals surface area contributed by atoms with Gasteiger partial charge in [-0.3, -0.25) is 0 Å². The summed E-state index contributed by atoms with van der Waals surface area (Å²) < 4.78 is 10.3. The van der Waals surface area contributed by atoms with Crippen molar-refractivity contribution in [3.63, 3.8) is 0 Å². The Morgan fingerprint density at radius 1 is 1.38 bits per heavy atom. The summed E-state index contributed by atoms with van der Waals surface area (Å²) in [6, 6.07) is 7.73. The summed E-state index contributed by atoms with van der Waals surface area (Å²) in [5.41, 5.74) is 6.94. The van der Waals surface area contributed by atoms with Crippen molar-refractivity contribution >= 4 is 6.09 Å². The summed E-state index contributed by atoms with van der Waals surface area (Å²) in [5.74, 6) is 0. The van der Waals surface area contributed by atoms with Crippen LogP contribution in [-0.4, -0.2) is 54.5 Å². The number of carbonyl (C=O) groups excluding carboxylic acids is 1. The van der Waals surface area contributed by atoms with Gasteiger partial charge >= 0.3 is 6.09 Å². The van der Waals surface area contributed by atoms with Gasteiger partial charge in [-0.25, -0.2) is 4.79 Å². The van der Waals surface area contributed by atoms with Crippen LogP contribution in [-0.2, 0) is 9.47 Å². The lowest BCUT2D eigenvalue weighted by Crippen LogP contribution is -2.43. The van der Waals surface area contributed by atoms with E-state index < -0.39 is 11.7 Å². The summed E-state index contributed by atoms with van der Waals surface area (Å²) in [6.45, 7) is 10.4. The fourth-order valence-corrected chi connectivity index (χ4v) is 2.09. The molecule has 1 aromatic carbocycles. The van der Waals surface area contributed by atoms with Gasteiger partial charge in [0.25, 0.3) is 0 Å². The largest absolute Gasteiger partial charge is 0.444 e. The first-order valence-corrected chi connectivity index (χ1v) is 8.23. The van der Waals surface area contributed by atoms with Crippen molar-refractivity contribution in [2.45, 2.75) is 39.4 Å². The lowest BCUT2D eigenvalue weighted by molar-refractivity contribution is -0.00677. The van der Waals surface area contributed by atoms with Gasteiger partial charge in [0.15, 0.2) is 0 Å². The van der Waals surface area contributed by atoms with Gasteiger partial charge < -0.3 is 25.2 Å². The van der Waals surface area contributed by atoms with Crippen LogP contribution in [0.15, 0.2) is 24.3 Å². The first-order valence-electron chi connectivity index (χ1n) is 8.23. The molecule has 6 nitrogen and oxygen atoms in total. The van der Waals surface area contributed by atoms with Crippen molar-refractivity contribution in [1.29, 1.82) is 0 Å². The Morgan fingerprint density at radius 3 is 2.50 bits per heavy atom. The molecule has 1 heterocycles. The van der Waals surface area contributed by atoms with Gasteiger partial charge in [-0.05, 0) is 33.3 Å². The summed E-state index contributed by atoms with van der Waals surface area (Å²) in [6.07, 6.45) is -0.759. The maximum absolute atomic E-state index is 11.5. The molecular weight excluding hydrogens is 308 g/mol. The Bertz CT molecular complexity index is 508. The van der Waals surface area contributed by atoms with Crippen LogP contribution in [0.5, 0.6) is 0 Å². The van der Waals surface area contributed by atoms with Crippen LogP contribution in [0.2, 0.25) is 0 Å². The van der Waals surface area contributed by atoms with Crippen molar-refractivity contribution in [1.82, 2.24) is 4.90 Å². The molecule has 0 radical (unpaired) electrons. The van der Waals surface area contributed by atoms with Crippen molar-refractivity contribution in [2.75, 3.05) is 32.8 Å². The maximum atomic E-state index is 11.5. The Morgan fingerprint density at radius 2 is 2.00 bits per heavy atom. The minimum absolute atomic E-state index is 0.240. The van der Waals surface area contributed by atoms with Gasteiger partial charge in [0.05, 0.1) is 19.3 Å². The molecule has 1 saturated heterocycles. The second kappa shape index (κ2) is 9.61. The van der Waals surface area contributed by atoms with Crippen LogP contribution < -0.4 is 5.73 Å². The number of carbonyl (C=O) groups is 1. The van der Waals surface area contributed by atoms with E-state index in [-0.39, 0.29) is 12.6 Å². The standard InChI is InChI=1S/C9H17NO3.C9H13NO/c1-9(2,3)13-8(11)10-4-6-12-7-5-10;1-7-3-2-4-8(5-7)9(11)6-10/h4-7H2,1-3H3;2-5,9,11H,6,10H2,1H3. The van der Waals surface area contributed by atoms with E-state index in [1.807, 2.05) is 52.0 Å². The molecule has 24 heavy (non-hydrogen) atoms. The van der Waals surface area contributed by atoms with Gasteiger partial charge in [-0.15, -0.1) is 0 Å². The van der Waals surface area contributed by atoms with E-state index >= 15 is 0 Å². The van der Waals surface area contributed by atoms with Gasteiger partial charge in [-0.1, -0.05) is 29.8 Å². The number of rotatable bonds is 2. The molecular formula is C18H30N2O4.